The molecule has 0 aliphatic carbocycles. The molecule has 0 unspecified atom stereocenters. The molecule has 0 aliphatic heterocycles. The van der Waals surface area contributed by atoms with Crippen LogP contribution in [0.3, 0.4) is 0 Å². The zero-order chi connectivity index (χ0) is 19.0. The molecular formula is C21H16N2O4. The number of rotatable bonds is 3. The highest BCUT2D eigenvalue weighted by Gasteiger charge is 2.24. The van der Waals surface area contributed by atoms with Crippen LogP contribution in [0, 0.1) is 5.41 Å². The minimum atomic E-state index is -0.695. The van der Waals surface area contributed by atoms with Crippen LogP contribution < -0.4 is 11.1 Å². The van der Waals surface area contributed by atoms with Crippen molar-refractivity contribution in [3.05, 3.63) is 76.1 Å². The van der Waals surface area contributed by atoms with Gasteiger partial charge in [0.2, 0.25) is 5.55 Å². The molecule has 0 fully saturated rings. The number of hydrogen-bond acceptors (Lipinski definition) is 5. The minimum Gasteiger partial charge on any atom is -0.462 e. The molecule has 0 atom stereocenters. The number of pyridine rings is 1. The van der Waals surface area contributed by atoms with Crippen LogP contribution >= 0.6 is 0 Å². The summed E-state index contributed by atoms with van der Waals surface area (Å²) in [5, 5.41) is 9.20. The molecule has 134 valence electrons. The van der Waals surface area contributed by atoms with Crippen molar-refractivity contribution in [3.63, 3.8) is 0 Å². The van der Waals surface area contributed by atoms with Crippen LogP contribution in [-0.4, -0.2) is 17.6 Å². The van der Waals surface area contributed by atoms with E-state index in [1.54, 1.807) is 49.4 Å². The van der Waals surface area contributed by atoms with Crippen LogP contribution in [0.15, 0.2) is 63.8 Å². The first-order chi connectivity index (χ1) is 13.1. The Balaban J connectivity index is 2.25. The number of carbonyl (C=O) groups excluding carboxylic acids is 1. The van der Waals surface area contributed by atoms with Gasteiger partial charge in [-0.15, -0.1) is 0 Å². The monoisotopic (exact) mass is 360 g/mol. The Morgan fingerprint density at radius 2 is 1.81 bits per heavy atom. The molecule has 4 rings (SSSR count). The molecular weight excluding hydrogens is 344 g/mol. The summed E-state index contributed by atoms with van der Waals surface area (Å²) in [6.45, 7) is 1.83. The Labute approximate surface area is 153 Å². The highest BCUT2D eigenvalue weighted by Crippen LogP contribution is 2.31. The van der Waals surface area contributed by atoms with Gasteiger partial charge in [-0.3, -0.25) is 10.2 Å². The van der Waals surface area contributed by atoms with Crippen LogP contribution in [0.5, 0.6) is 0 Å². The molecule has 2 N–H and O–H groups in total. The average Bonchev–Trinajstić information content (AvgIpc) is 2.68. The number of aromatic amines is 1. The van der Waals surface area contributed by atoms with E-state index in [-0.39, 0.29) is 28.7 Å². The van der Waals surface area contributed by atoms with E-state index in [0.717, 1.165) is 0 Å². The smallest absolute Gasteiger partial charge is 0.344 e. The summed E-state index contributed by atoms with van der Waals surface area (Å²) < 4.78 is 10.8. The number of nitrogens with one attached hydrogen (secondary N) is 2. The van der Waals surface area contributed by atoms with Gasteiger partial charge in [0.05, 0.1) is 17.5 Å². The van der Waals surface area contributed by atoms with Gasteiger partial charge in [-0.1, -0.05) is 42.5 Å². The van der Waals surface area contributed by atoms with Crippen molar-refractivity contribution >= 4 is 27.8 Å². The fourth-order valence-corrected chi connectivity index (χ4v) is 3.23. The van der Waals surface area contributed by atoms with Gasteiger partial charge in [-0.05, 0) is 24.6 Å². The molecule has 0 spiro atoms. The summed E-state index contributed by atoms with van der Waals surface area (Å²) in [5.74, 6) is -0.695. The van der Waals surface area contributed by atoms with E-state index in [2.05, 4.69) is 4.98 Å². The van der Waals surface area contributed by atoms with Crippen molar-refractivity contribution in [2.45, 2.75) is 6.92 Å². The molecule has 6 heteroatoms. The molecule has 27 heavy (non-hydrogen) atoms. The Morgan fingerprint density at radius 3 is 2.56 bits per heavy atom. The SMILES string of the molecule is CCOC(=O)c1c(-c2ccccc2)c2c(=O)[nH]c3ccccc3c2oc1=N. The van der Waals surface area contributed by atoms with E-state index in [0.29, 0.717) is 22.0 Å². The van der Waals surface area contributed by atoms with Crippen molar-refractivity contribution in [2.75, 3.05) is 6.61 Å². The Bertz CT molecular complexity index is 1290. The van der Waals surface area contributed by atoms with E-state index in [1.807, 2.05) is 12.1 Å². The van der Waals surface area contributed by atoms with Gasteiger partial charge < -0.3 is 14.1 Å². The van der Waals surface area contributed by atoms with E-state index in [1.165, 1.54) is 0 Å². The van der Waals surface area contributed by atoms with E-state index >= 15 is 0 Å². The number of carbonyl (C=O) groups is 1. The van der Waals surface area contributed by atoms with Crippen LogP contribution in [0.4, 0.5) is 0 Å². The molecule has 0 bridgehead atoms. The third-order valence-corrected chi connectivity index (χ3v) is 4.35. The fourth-order valence-electron chi connectivity index (χ4n) is 3.23. The summed E-state index contributed by atoms with van der Waals surface area (Å²) in [4.78, 5) is 28.3. The quantitative estimate of drug-likeness (QED) is 0.431. The molecule has 2 aromatic heterocycles. The number of H-pyrrole nitrogens is 1. The third-order valence-electron chi connectivity index (χ3n) is 4.35. The molecule has 0 radical (unpaired) electrons. The summed E-state index contributed by atoms with van der Waals surface area (Å²) in [6.07, 6.45) is 0. The molecule has 0 saturated heterocycles. The van der Waals surface area contributed by atoms with Gasteiger partial charge in [-0.2, -0.15) is 0 Å². The summed E-state index contributed by atoms with van der Waals surface area (Å²) in [5.41, 5.74) is 1.05. The van der Waals surface area contributed by atoms with Crippen LogP contribution in [-0.2, 0) is 4.74 Å². The van der Waals surface area contributed by atoms with Gasteiger partial charge >= 0.3 is 5.97 Å². The second-order valence-electron chi connectivity index (χ2n) is 5.97. The number of esters is 1. The van der Waals surface area contributed by atoms with Crippen LogP contribution in [0.25, 0.3) is 33.0 Å². The maximum atomic E-state index is 12.9. The van der Waals surface area contributed by atoms with Crippen molar-refractivity contribution in [1.29, 1.82) is 5.41 Å². The standard InChI is InChI=1S/C21H16N2O4/c1-2-26-21(25)17-15(12-8-4-3-5-9-12)16-18(27-19(17)22)13-10-6-7-11-14(13)23-20(16)24/h3-11,22H,2H2,1H3,(H,23,24). The first kappa shape index (κ1) is 16.8. The number of hydrogen-bond donors (Lipinski definition) is 2. The second kappa shape index (κ2) is 6.57. The molecule has 6 nitrogen and oxygen atoms in total. The summed E-state index contributed by atoms with van der Waals surface area (Å²) in [6, 6.07) is 16.2. The zero-order valence-corrected chi connectivity index (χ0v) is 14.5. The maximum absolute atomic E-state index is 12.9. The van der Waals surface area contributed by atoms with Gasteiger partial charge in [0.15, 0.2) is 5.58 Å². The van der Waals surface area contributed by atoms with E-state index in [9.17, 15) is 9.59 Å². The molecule has 4 aromatic rings. The van der Waals surface area contributed by atoms with Crippen LogP contribution in [0.2, 0.25) is 0 Å². The van der Waals surface area contributed by atoms with Crippen molar-refractivity contribution in [3.8, 4) is 11.1 Å². The van der Waals surface area contributed by atoms with E-state index in [4.69, 9.17) is 14.6 Å². The lowest BCUT2D eigenvalue weighted by Crippen LogP contribution is -2.21. The number of fused-ring (bicyclic) bond motifs is 3. The topological polar surface area (TPSA) is 96.2 Å². The molecule has 2 heterocycles. The number of ether oxygens (including phenoxy) is 1. The van der Waals surface area contributed by atoms with Crippen molar-refractivity contribution in [2.24, 2.45) is 0 Å². The molecule has 0 aliphatic rings. The number of aromatic nitrogens is 1. The lowest BCUT2D eigenvalue weighted by atomic mass is 9.96. The predicted molar refractivity (Wildman–Crippen MR) is 102 cm³/mol. The first-order valence-corrected chi connectivity index (χ1v) is 8.50. The minimum absolute atomic E-state index is 0.0590. The first-order valence-electron chi connectivity index (χ1n) is 8.50. The molecule has 0 amide bonds. The van der Waals surface area contributed by atoms with Crippen molar-refractivity contribution < 1.29 is 13.9 Å². The van der Waals surface area contributed by atoms with Gasteiger partial charge in [-0.25, -0.2) is 4.79 Å². The Kier molecular flexibility index (Phi) is 4.08. The lowest BCUT2D eigenvalue weighted by Gasteiger charge is -2.13. The highest BCUT2D eigenvalue weighted by atomic mass is 16.5. The van der Waals surface area contributed by atoms with Gasteiger partial charge in [0, 0.05) is 10.9 Å². The summed E-state index contributed by atoms with van der Waals surface area (Å²) >= 11 is 0. The zero-order valence-electron chi connectivity index (χ0n) is 14.5. The average molecular weight is 360 g/mol. The Morgan fingerprint density at radius 1 is 1.11 bits per heavy atom. The third kappa shape index (κ3) is 2.71. The van der Waals surface area contributed by atoms with Crippen LogP contribution in [0.1, 0.15) is 17.3 Å². The van der Waals surface area contributed by atoms with Gasteiger partial charge in [0.25, 0.3) is 5.56 Å². The van der Waals surface area contributed by atoms with Crippen molar-refractivity contribution in [1.82, 2.24) is 4.98 Å². The lowest BCUT2D eigenvalue weighted by molar-refractivity contribution is 0.0522. The normalized spacial score (nSPS) is 11.0. The van der Waals surface area contributed by atoms with Gasteiger partial charge in [0.1, 0.15) is 5.56 Å². The molecule has 2 aromatic carbocycles. The summed E-state index contributed by atoms with van der Waals surface area (Å²) in [7, 11) is 0. The number of benzene rings is 2. The largest absolute Gasteiger partial charge is 0.462 e. The predicted octanol–water partition coefficient (Wildman–Crippen LogP) is 3.60. The second-order valence-corrected chi connectivity index (χ2v) is 5.97. The highest BCUT2D eigenvalue weighted by molar-refractivity contribution is 6.11. The number of para-hydroxylation sites is 1. The van der Waals surface area contributed by atoms with E-state index < -0.39 is 11.5 Å². The Hall–Kier alpha value is -3.67. The fraction of sp³-hybridized carbons (Fsp3) is 0.0952. The molecule has 0 saturated carbocycles. The maximum Gasteiger partial charge on any atom is 0.344 e.